The van der Waals surface area contributed by atoms with E-state index >= 15 is 0 Å². The van der Waals surface area contributed by atoms with E-state index in [1.165, 1.54) is 12.1 Å². The second-order valence-corrected chi connectivity index (χ2v) is 8.51. The smallest absolute Gasteiger partial charge is 0.246 e. The highest BCUT2D eigenvalue weighted by atomic mass is 79.9. The van der Waals surface area contributed by atoms with Gasteiger partial charge in [0, 0.05) is 42.3 Å². The molecule has 1 saturated heterocycles. The summed E-state index contributed by atoms with van der Waals surface area (Å²) in [6.45, 7) is 6.38. The highest BCUT2D eigenvalue weighted by Gasteiger charge is 2.30. The van der Waals surface area contributed by atoms with E-state index < -0.39 is 0 Å². The number of amides is 1. The van der Waals surface area contributed by atoms with E-state index in [1.54, 1.807) is 12.1 Å². The van der Waals surface area contributed by atoms with Crippen molar-refractivity contribution in [3.63, 3.8) is 0 Å². The Morgan fingerprint density at radius 2 is 1.89 bits per heavy atom. The first-order valence-electron chi connectivity index (χ1n) is 9.25. The van der Waals surface area contributed by atoms with Crippen LogP contribution in [0.15, 0.2) is 53.0 Å². The minimum absolute atomic E-state index is 0.00635. The van der Waals surface area contributed by atoms with Crippen molar-refractivity contribution in [3.05, 3.63) is 75.0 Å². The van der Waals surface area contributed by atoms with Crippen LogP contribution in [0.2, 0.25) is 5.02 Å². The van der Waals surface area contributed by atoms with E-state index in [9.17, 15) is 9.18 Å². The van der Waals surface area contributed by atoms with Crippen LogP contribution in [0.3, 0.4) is 0 Å². The third kappa shape index (κ3) is 5.22. The molecule has 1 amide bonds. The number of rotatable bonds is 4. The summed E-state index contributed by atoms with van der Waals surface area (Å²) in [5.74, 6) is -0.216. The van der Waals surface area contributed by atoms with Crippen molar-refractivity contribution in [3.8, 4) is 0 Å². The summed E-state index contributed by atoms with van der Waals surface area (Å²) >= 11 is 9.41. The van der Waals surface area contributed by atoms with Gasteiger partial charge < -0.3 is 4.90 Å². The molecular weight excluding hydrogens is 443 g/mol. The first-order chi connectivity index (χ1) is 13.3. The Bertz CT molecular complexity index is 871. The Labute approximate surface area is 178 Å². The lowest BCUT2D eigenvalue weighted by molar-refractivity contribution is -0.131. The van der Waals surface area contributed by atoms with Gasteiger partial charge in [0.25, 0.3) is 0 Å². The molecule has 1 aliphatic heterocycles. The molecule has 2 atom stereocenters. The van der Waals surface area contributed by atoms with Crippen LogP contribution in [0, 0.1) is 5.82 Å². The molecule has 28 heavy (non-hydrogen) atoms. The molecule has 0 N–H and O–H groups in total. The number of hydrogen-bond acceptors (Lipinski definition) is 2. The van der Waals surface area contributed by atoms with Crippen molar-refractivity contribution in [2.75, 3.05) is 13.1 Å². The molecule has 3 nitrogen and oxygen atoms in total. The Balaban J connectivity index is 1.62. The molecule has 1 heterocycles. The first kappa shape index (κ1) is 21.0. The Morgan fingerprint density at radius 1 is 1.18 bits per heavy atom. The van der Waals surface area contributed by atoms with E-state index in [4.69, 9.17) is 11.6 Å². The summed E-state index contributed by atoms with van der Waals surface area (Å²) in [7, 11) is 0. The van der Waals surface area contributed by atoms with Crippen LogP contribution < -0.4 is 0 Å². The van der Waals surface area contributed by atoms with E-state index in [0.29, 0.717) is 11.6 Å². The van der Waals surface area contributed by atoms with Crippen molar-refractivity contribution < 1.29 is 9.18 Å². The van der Waals surface area contributed by atoms with E-state index in [1.807, 2.05) is 35.2 Å². The van der Waals surface area contributed by atoms with Gasteiger partial charge in [-0.1, -0.05) is 29.8 Å². The summed E-state index contributed by atoms with van der Waals surface area (Å²) in [5, 5.41) is 0.642. The van der Waals surface area contributed by atoms with Crippen LogP contribution in [0.5, 0.6) is 0 Å². The minimum Gasteiger partial charge on any atom is -0.334 e. The van der Waals surface area contributed by atoms with Crippen LogP contribution in [0.25, 0.3) is 6.08 Å². The summed E-state index contributed by atoms with van der Waals surface area (Å²) in [4.78, 5) is 17.0. The lowest BCUT2D eigenvalue weighted by Gasteiger charge is -2.44. The van der Waals surface area contributed by atoms with Gasteiger partial charge in [-0.2, -0.15) is 0 Å². The second-order valence-electron chi connectivity index (χ2n) is 7.25. The third-order valence-electron chi connectivity index (χ3n) is 5.06. The lowest BCUT2D eigenvalue weighted by atomic mass is 10.1. The van der Waals surface area contributed by atoms with Crippen LogP contribution in [0.4, 0.5) is 4.39 Å². The molecule has 0 unspecified atom stereocenters. The summed E-state index contributed by atoms with van der Waals surface area (Å²) < 4.78 is 13.9. The standard InChI is InChI=1S/C22H23BrClFN2O/c1-15-13-27(22(28)10-6-17-5-9-21(24)20(23)11-17)16(2)12-26(15)14-18-3-7-19(25)8-4-18/h3-11,15-16H,12-14H2,1-2H3/b10-6+/t15-,16+/m1/s1. The third-order valence-corrected chi connectivity index (χ3v) is 6.27. The SMILES string of the molecule is C[C@@H]1CN(C(=O)/C=C/c2ccc(Cl)c(Br)c2)[C@@H](C)CN1Cc1ccc(F)cc1. The van der Waals surface area contributed by atoms with Gasteiger partial charge in [0.2, 0.25) is 5.91 Å². The second kappa shape index (κ2) is 9.21. The molecule has 1 fully saturated rings. The van der Waals surface area contributed by atoms with Gasteiger partial charge in [-0.3, -0.25) is 9.69 Å². The van der Waals surface area contributed by atoms with Crippen molar-refractivity contribution >= 4 is 39.5 Å². The molecule has 3 rings (SSSR count). The van der Waals surface area contributed by atoms with Crippen LogP contribution >= 0.6 is 27.5 Å². The largest absolute Gasteiger partial charge is 0.334 e. The summed E-state index contributed by atoms with van der Waals surface area (Å²) in [6, 6.07) is 12.5. The molecule has 0 radical (unpaired) electrons. The zero-order chi connectivity index (χ0) is 20.3. The van der Waals surface area contributed by atoms with Gasteiger partial charge in [0.15, 0.2) is 0 Å². The van der Waals surface area contributed by atoms with Crippen molar-refractivity contribution in [1.29, 1.82) is 0 Å². The Morgan fingerprint density at radius 3 is 2.57 bits per heavy atom. The molecule has 0 spiro atoms. The molecule has 0 saturated carbocycles. The maximum absolute atomic E-state index is 13.1. The zero-order valence-electron chi connectivity index (χ0n) is 15.9. The van der Waals surface area contributed by atoms with Crippen LogP contribution in [0.1, 0.15) is 25.0 Å². The quantitative estimate of drug-likeness (QED) is 0.566. The van der Waals surface area contributed by atoms with Gasteiger partial charge in [0.05, 0.1) is 5.02 Å². The number of carbonyl (C=O) groups is 1. The molecule has 6 heteroatoms. The van der Waals surface area contributed by atoms with Gasteiger partial charge >= 0.3 is 0 Å². The number of piperazine rings is 1. The Hall–Kier alpha value is -1.69. The monoisotopic (exact) mass is 464 g/mol. The van der Waals surface area contributed by atoms with Crippen LogP contribution in [-0.4, -0.2) is 40.9 Å². The molecule has 148 valence electrons. The average molecular weight is 466 g/mol. The normalized spacial score (nSPS) is 20.7. The van der Waals surface area contributed by atoms with Gasteiger partial charge in [-0.25, -0.2) is 4.39 Å². The van der Waals surface area contributed by atoms with Gasteiger partial charge in [-0.15, -0.1) is 0 Å². The van der Waals surface area contributed by atoms with E-state index in [2.05, 4.69) is 34.7 Å². The zero-order valence-corrected chi connectivity index (χ0v) is 18.3. The molecule has 2 aromatic carbocycles. The fourth-order valence-corrected chi connectivity index (χ4v) is 3.94. The van der Waals surface area contributed by atoms with E-state index in [0.717, 1.165) is 28.7 Å². The minimum atomic E-state index is -0.222. The average Bonchev–Trinajstić information content (AvgIpc) is 2.67. The molecule has 2 aromatic rings. The maximum Gasteiger partial charge on any atom is 0.246 e. The number of carbonyl (C=O) groups excluding carboxylic acids is 1. The number of benzene rings is 2. The summed E-state index contributed by atoms with van der Waals surface area (Å²) in [5.41, 5.74) is 1.99. The van der Waals surface area contributed by atoms with E-state index in [-0.39, 0.29) is 23.8 Å². The number of halogens is 3. The fraction of sp³-hybridized carbons (Fsp3) is 0.318. The Kier molecular flexibility index (Phi) is 6.91. The predicted molar refractivity (Wildman–Crippen MR) is 116 cm³/mol. The highest BCUT2D eigenvalue weighted by Crippen LogP contribution is 2.24. The topological polar surface area (TPSA) is 23.6 Å². The first-order valence-corrected chi connectivity index (χ1v) is 10.4. The molecule has 0 bridgehead atoms. The molecule has 0 aliphatic carbocycles. The number of nitrogens with zero attached hydrogens (tertiary/aromatic N) is 2. The van der Waals surface area contributed by atoms with Crippen molar-refractivity contribution in [1.82, 2.24) is 9.80 Å². The van der Waals surface area contributed by atoms with Crippen molar-refractivity contribution in [2.24, 2.45) is 0 Å². The maximum atomic E-state index is 13.1. The summed E-state index contributed by atoms with van der Waals surface area (Å²) in [6.07, 6.45) is 3.43. The van der Waals surface area contributed by atoms with Crippen LogP contribution in [-0.2, 0) is 11.3 Å². The molecular formula is C22H23BrClFN2O. The lowest BCUT2D eigenvalue weighted by Crippen LogP contribution is -2.57. The highest BCUT2D eigenvalue weighted by molar-refractivity contribution is 9.10. The predicted octanol–water partition coefficient (Wildman–Crippen LogP) is 5.38. The molecule has 1 aliphatic rings. The fourth-order valence-electron chi connectivity index (χ4n) is 3.43. The van der Waals surface area contributed by atoms with Gasteiger partial charge in [0.1, 0.15) is 5.82 Å². The van der Waals surface area contributed by atoms with Crippen molar-refractivity contribution in [2.45, 2.75) is 32.5 Å². The number of hydrogen-bond donors (Lipinski definition) is 0. The molecule has 0 aromatic heterocycles. The van der Waals surface area contributed by atoms with Gasteiger partial charge in [-0.05, 0) is 71.2 Å².